The normalized spacial score (nSPS) is 12.0. The monoisotopic (exact) mass is 293 g/mol. The summed E-state index contributed by atoms with van der Waals surface area (Å²) in [5.74, 6) is 0. The molecule has 100 valence electrons. The summed E-state index contributed by atoms with van der Waals surface area (Å²) in [5.41, 5.74) is 1.11. The number of benzene rings is 1. The van der Waals surface area contributed by atoms with Crippen LogP contribution in [-0.2, 0) is 10.0 Å². The Morgan fingerprint density at radius 2 is 1.89 bits per heavy atom. The first-order valence-corrected chi connectivity index (χ1v) is 8.29. The highest BCUT2D eigenvalue weighted by Crippen LogP contribution is 2.15. The molecule has 2 rings (SSSR count). The lowest BCUT2D eigenvalue weighted by Gasteiger charge is -2.02. The highest BCUT2D eigenvalue weighted by atomic mass is 32.2. The van der Waals surface area contributed by atoms with Crippen LogP contribution in [0.15, 0.2) is 58.1 Å². The fraction of sp³-hybridized carbons (Fsp3) is 0.143. The van der Waals surface area contributed by atoms with Gasteiger partial charge in [0.1, 0.15) is 4.21 Å². The average molecular weight is 293 g/mol. The van der Waals surface area contributed by atoms with Crippen molar-refractivity contribution in [3.05, 3.63) is 59.5 Å². The zero-order valence-corrected chi connectivity index (χ0v) is 12.0. The van der Waals surface area contributed by atoms with E-state index in [2.05, 4.69) is 4.72 Å². The summed E-state index contributed by atoms with van der Waals surface area (Å²) in [6.45, 7) is 0.406. The van der Waals surface area contributed by atoms with Crippen LogP contribution in [0.3, 0.4) is 0 Å². The van der Waals surface area contributed by atoms with Crippen molar-refractivity contribution in [2.45, 2.75) is 10.6 Å². The van der Waals surface area contributed by atoms with Crippen LogP contribution in [0.1, 0.15) is 12.0 Å². The van der Waals surface area contributed by atoms with E-state index in [9.17, 15) is 8.42 Å². The number of nitrogens with one attached hydrogen (secondary N) is 1. The van der Waals surface area contributed by atoms with Gasteiger partial charge in [-0.1, -0.05) is 48.6 Å². The Morgan fingerprint density at radius 3 is 2.58 bits per heavy atom. The minimum Gasteiger partial charge on any atom is -0.210 e. The average Bonchev–Trinajstić information content (AvgIpc) is 2.94. The molecule has 1 aromatic heterocycles. The van der Waals surface area contributed by atoms with E-state index in [0.29, 0.717) is 17.2 Å². The maximum absolute atomic E-state index is 11.8. The van der Waals surface area contributed by atoms with Crippen LogP contribution < -0.4 is 4.72 Å². The van der Waals surface area contributed by atoms with Crippen LogP contribution in [-0.4, -0.2) is 15.0 Å². The predicted octanol–water partition coefficient (Wildman–Crippen LogP) is 3.13. The van der Waals surface area contributed by atoms with Crippen LogP contribution in [0.25, 0.3) is 6.08 Å². The SMILES string of the molecule is O=S(=O)(NCC/C=C/c1ccccc1)c1cccs1. The van der Waals surface area contributed by atoms with Gasteiger partial charge >= 0.3 is 0 Å². The Balaban J connectivity index is 1.80. The Kier molecular flexibility index (Phi) is 4.90. The Bertz CT molecular complexity index is 617. The van der Waals surface area contributed by atoms with Crippen LogP contribution in [0.5, 0.6) is 0 Å². The fourth-order valence-corrected chi connectivity index (χ4v) is 3.63. The van der Waals surface area contributed by atoms with E-state index in [0.717, 1.165) is 5.56 Å². The van der Waals surface area contributed by atoms with Gasteiger partial charge in [-0.3, -0.25) is 0 Å². The van der Waals surface area contributed by atoms with Crippen LogP contribution in [0.4, 0.5) is 0 Å². The maximum atomic E-state index is 11.8. The molecule has 0 amide bonds. The molecule has 0 saturated heterocycles. The molecule has 0 fully saturated rings. The molecule has 0 atom stereocenters. The van der Waals surface area contributed by atoms with Gasteiger partial charge in [0.25, 0.3) is 0 Å². The van der Waals surface area contributed by atoms with Crippen LogP contribution in [0, 0.1) is 0 Å². The van der Waals surface area contributed by atoms with Gasteiger partial charge in [-0.25, -0.2) is 13.1 Å². The number of hydrogen-bond acceptors (Lipinski definition) is 3. The van der Waals surface area contributed by atoms with Gasteiger partial charge in [-0.15, -0.1) is 11.3 Å². The second-order valence-electron chi connectivity index (χ2n) is 3.93. The first kappa shape index (κ1) is 14.0. The molecule has 3 nitrogen and oxygen atoms in total. The van der Waals surface area contributed by atoms with Crippen molar-refractivity contribution in [1.29, 1.82) is 0 Å². The van der Waals surface area contributed by atoms with Gasteiger partial charge in [-0.05, 0) is 23.4 Å². The highest BCUT2D eigenvalue weighted by molar-refractivity contribution is 7.91. The lowest BCUT2D eigenvalue weighted by atomic mass is 10.2. The van der Waals surface area contributed by atoms with E-state index < -0.39 is 10.0 Å². The minimum absolute atomic E-state index is 0.361. The molecule has 2 aromatic rings. The molecule has 0 radical (unpaired) electrons. The molecular formula is C14H15NO2S2. The summed E-state index contributed by atoms with van der Waals surface area (Å²) in [4.78, 5) is 0. The summed E-state index contributed by atoms with van der Waals surface area (Å²) >= 11 is 1.22. The zero-order chi connectivity index (χ0) is 13.6. The van der Waals surface area contributed by atoms with E-state index in [1.54, 1.807) is 17.5 Å². The second kappa shape index (κ2) is 6.65. The smallest absolute Gasteiger partial charge is 0.210 e. The van der Waals surface area contributed by atoms with E-state index in [-0.39, 0.29) is 0 Å². The van der Waals surface area contributed by atoms with Crippen LogP contribution in [0.2, 0.25) is 0 Å². The largest absolute Gasteiger partial charge is 0.250 e. The summed E-state index contributed by atoms with van der Waals surface area (Å²) in [6.07, 6.45) is 4.62. The van der Waals surface area contributed by atoms with Crippen molar-refractivity contribution < 1.29 is 8.42 Å². The summed E-state index contributed by atoms with van der Waals surface area (Å²) in [7, 11) is -3.33. The van der Waals surface area contributed by atoms with E-state index in [4.69, 9.17) is 0 Å². The first-order chi connectivity index (χ1) is 9.18. The molecule has 0 bridgehead atoms. The Labute approximate surface area is 117 Å². The van der Waals surface area contributed by atoms with Gasteiger partial charge in [0.05, 0.1) is 0 Å². The van der Waals surface area contributed by atoms with Crippen molar-refractivity contribution in [2.24, 2.45) is 0 Å². The van der Waals surface area contributed by atoms with Gasteiger partial charge in [0.15, 0.2) is 0 Å². The Morgan fingerprint density at radius 1 is 1.11 bits per heavy atom. The van der Waals surface area contributed by atoms with Crippen molar-refractivity contribution in [3.8, 4) is 0 Å². The molecular weight excluding hydrogens is 278 g/mol. The van der Waals surface area contributed by atoms with Crippen molar-refractivity contribution in [1.82, 2.24) is 4.72 Å². The summed E-state index contributed by atoms with van der Waals surface area (Å²) in [5, 5.41) is 1.75. The molecule has 1 heterocycles. The third kappa shape index (κ3) is 4.31. The van der Waals surface area contributed by atoms with Crippen molar-refractivity contribution >= 4 is 27.4 Å². The van der Waals surface area contributed by atoms with Crippen LogP contribution >= 0.6 is 11.3 Å². The molecule has 0 aliphatic heterocycles. The Hall–Kier alpha value is -1.43. The number of hydrogen-bond donors (Lipinski definition) is 1. The summed E-state index contributed by atoms with van der Waals surface area (Å²) < 4.78 is 26.5. The quantitative estimate of drug-likeness (QED) is 0.832. The standard InChI is InChI=1S/C14H15NO2S2/c16-19(17,14-10-6-12-18-14)15-11-5-4-9-13-7-2-1-3-8-13/h1-4,6-10,12,15H,5,11H2/b9-4+. The molecule has 0 unspecified atom stereocenters. The van der Waals surface area contributed by atoms with Gasteiger partial charge in [0.2, 0.25) is 10.0 Å². The molecule has 1 N–H and O–H groups in total. The third-order valence-corrected chi connectivity index (χ3v) is 5.33. The topological polar surface area (TPSA) is 46.2 Å². The maximum Gasteiger partial charge on any atom is 0.250 e. The van der Waals surface area contributed by atoms with Crippen molar-refractivity contribution in [3.63, 3.8) is 0 Å². The number of thiophene rings is 1. The molecule has 0 aliphatic carbocycles. The number of sulfonamides is 1. The number of rotatable bonds is 6. The van der Waals surface area contributed by atoms with Gasteiger partial charge in [0, 0.05) is 6.54 Å². The molecule has 0 aliphatic rings. The second-order valence-corrected chi connectivity index (χ2v) is 6.87. The molecule has 0 spiro atoms. The lowest BCUT2D eigenvalue weighted by molar-refractivity contribution is 0.584. The molecule has 1 aromatic carbocycles. The van der Waals surface area contributed by atoms with Crippen molar-refractivity contribution in [2.75, 3.05) is 6.54 Å². The molecule has 5 heteroatoms. The van der Waals surface area contributed by atoms with E-state index >= 15 is 0 Å². The highest BCUT2D eigenvalue weighted by Gasteiger charge is 2.13. The zero-order valence-electron chi connectivity index (χ0n) is 10.3. The lowest BCUT2D eigenvalue weighted by Crippen LogP contribution is -2.23. The minimum atomic E-state index is -3.33. The van der Waals surface area contributed by atoms with Gasteiger partial charge in [-0.2, -0.15) is 0 Å². The first-order valence-electron chi connectivity index (χ1n) is 5.93. The predicted molar refractivity (Wildman–Crippen MR) is 79.6 cm³/mol. The third-order valence-electron chi connectivity index (χ3n) is 2.47. The molecule has 0 saturated carbocycles. The molecule has 19 heavy (non-hydrogen) atoms. The fourth-order valence-electron chi connectivity index (χ4n) is 1.55. The van der Waals surface area contributed by atoms with E-state index in [1.807, 2.05) is 42.5 Å². The van der Waals surface area contributed by atoms with Gasteiger partial charge < -0.3 is 0 Å². The van der Waals surface area contributed by atoms with E-state index in [1.165, 1.54) is 11.3 Å². The summed E-state index contributed by atoms with van der Waals surface area (Å²) in [6, 6.07) is 13.3.